The third-order valence-corrected chi connectivity index (χ3v) is 2.61. The number of aryl methyl sites for hydroxylation is 2. The number of benzene rings is 1. The molecule has 1 heteroatoms. The minimum absolute atomic E-state index is 0.498. The quantitative estimate of drug-likeness (QED) is 0.694. The van der Waals surface area contributed by atoms with E-state index in [2.05, 4.69) is 32.9 Å². The van der Waals surface area contributed by atoms with E-state index in [4.69, 9.17) is 5.26 Å². The normalized spacial score (nSPS) is 10.3. The first kappa shape index (κ1) is 10.8. The average molecular weight is 187 g/mol. The molecule has 14 heavy (non-hydrogen) atoms. The summed E-state index contributed by atoms with van der Waals surface area (Å²) in [5.41, 5.74) is 4.59. The van der Waals surface area contributed by atoms with Crippen LogP contribution in [0.3, 0.4) is 0 Å². The van der Waals surface area contributed by atoms with Crippen molar-refractivity contribution in [1.29, 1.82) is 5.26 Å². The molecule has 0 heterocycles. The van der Waals surface area contributed by atoms with Crippen LogP contribution in [0.2, 0.25) is 0 Å². The van der Waals surface area contributed by atoms with Crippen molar-refractivity contribution in [2.24, 2.45) is 0 Å². The molecular weight excluding hydrogens is 170 g/mol. The summed E-state index contributed by atoms with van der Waals surface area (Å²) in [4.78, 5) is 0. The molecule has 0 aromatic heterocycles. The molecule has 0 saturated carbocycles. The standard InChI is InChI=1S/C13H17N/c1-5-11-6-10(4)12(8-14)7-13(11)9(2)3/h6-7,9H,5H2,1-4H3. The van der Waals surface area contributed by atoms with E-state index in [9.17, 15) is 0 Å². The van der Waals surface area contributed by atoms with Crippen molar-refractivity contribution >= 4 is 0 Å². The topological polar surface area (TPSA) is 23.8 Å². The zero-order valence-electron chi connectivity index (χ0n) is 9.39. The van der Waals surface area contributed by atoms with Crippen molar-refractivity contribution in [2.75, 3.05) is 0 Å². The van der Waals surface area contributed by atoms with Crippen LogP contribution in [-0.2, 0) is 6.42 Å². The van der Waals surface area contributed by atoms with Crippen LogP contribution in [-0.4, -0.2) is 0 Å². The van der Waals surface area contributed by atoms with Crippen LogP contribution in [0, 0.1) is 18.3 Å². The summed E-state index contributed by atoms with van der Waals surface area (Å²) in [6.45, 7) is 8.50. The molecule has 0 unspecified atom stereocenters. The fourth-order valence-electron chi connectivity index (χ4n) is 1.75. The van der Waals surface area contributed by atoms with Gasteiger partial charge in [-0.25, -0.2) is 0 Å². The molecule has 0 aliphatic rings. The number of rotatable bonds is 2. The SMILES string of the molecule is CCc1cc(C)c(C#N)cc1C(C)C. The zero-order valence-corrected chi connectivity index (χ0v) is 9.39. The monoisotopic (exact) mass is 187 g/mol. The van der Waals surface area contributed by atoms with Gasteiger partial charge in [0.25, 0.3) is 0 Å². The molecule has 0 N–H and O–H groups in total. The second kappa shape index (κ2) is 4.28. The first-order chi connectivity index (χ1) is 6.60. The summed E-state index contributed by atoms with van der Waals surface area (Å²) in [5.74, 6) is 0.498. The molecule has 0 spiro atoms. The lowest BCUT2D eigenvalue weighted by molar-refractivity contribution is 0.842. The fourth-order valence-corrected chi connectivity index (χ4v) is 1.75. The number of hydrogen-bond donors (Lipinski definition) is 0. The van der Waals surface area contributed by atoms with Crippen LogP contribution in [0.25, 0.3) is 0 Å². The molecule has 1 aromatic carbocycles. The largest absolute Gasteiger partial charge is 0.192 e. The van der Waals surface area contributed by atoms with Gasteiger partial charge in [-0.3, -0.25) is 0 Å². The van der Waals surface area contributed by atoms with E-state index in [1.807, 2.05) is 13.0 Å². The van der Waals surface area contributed by atoms with Gasteiger partial charge in [0.05, 0.1) is 11.6 Å². The Hall–Kier alpha value is -1.29. The van der Waals surface area contributed by atoms with E-state index < -0.39 is 0 Å². The Morgan fingerprint density at radius 1 is 1.36 bits per heavy atom. The van der Waals surface area contributed by atoms with Gasteiger partial charge in [0.15, 0.2) is 0 Å². The van der Waals surface area contributed by atoms with E-state index in [1.54, 1.807) is 0 Å². The van der Waals surface area contributed by atoms with Crippen molar-refractivity contribution in [3.63, 3.8) is 0 Å². The summed E-state index contributed by atoms with van der Waals surface area (Å²) >= 11 is 0. The van der Waals surface area contributed by atoms with Crippen LogP contribution in [0.5, 0.6) is 0 Å². The van der Waals surface area contributed by atoms with Gasteiger partial charge >= 0.3 is 0 Å². The van der Waals surface area contributed by atoms with Crippen LogP contribution in [0.4, 0.5) is 0 Å². The molecule has 1 nitrogen and oxygen atoms in total. The molecule has 0 radical (unpaired) electrons. The third kappa shape index (κ3) is 1.96. The summed E-state index contributed by atoms with van der Waals surface area (Å²) < 4.78 is 0. The average Bonchev–Trinajstić information content (AvgIpc) is 2.16. The second-order valence-corrected chi connectivity index (χ2v) is 3.99. The minimum atomic E-state index is 0.498. The van der Waals surface area contributed by atoms with E-state index in [-0.39, 0.29) is 0 Å². The molecule has 1 rings (SSSR count). The highest BCUT2D eigenvalue weighted by atomic mass is 14.2. The lowest BCUT2D eigenvalue weighted by Crippen LogP contribution is -1.98. The molecule has 74 valence electrons. The Labute approximate surface area is 86.4 Å². The first-order valence-corrected chi connectivity index (χ1v) is 5.13. The smallest absolute Gasteiger partial charge is 0.0994 e. The molecule has 0 atom stereocenters. The summed E-state index contributed by atoms with van der Waals surface area (Å²) in [5, 5.41) is 8.94. The maximum absolute atomic E-state index is 8.94. The lowest BCUT2D eigenvalue weighted by atomic mass is 9.91. The molecule has 0 fully saturated rings. The van der Waals surface area contributed by atoms with Gasteiger partial charge in [0.1, 0.15) is 0 Å². The molecule has 1 aromatic rings. The number of hydrogen-bond acceptors (Lipinski definition) is 1. The highest BCUT2D eigenvalue weighted by Crippen LogP contribution is 2.23. The molecule has 0 saturated heterocycles. The Morgan fingerprint density at radius 3 is 2.43 bits per heavy atom. The Morgan fingerprint density at radius 2 is 2.00 bits per heavy atom. The second-order valence-electron chi connectivity index (χ2n) is 3.99. The van der Waals surface area contributed by atoms with Crippen molar-refractivity contribution in [2.45, 2.75) is 40.0 Å². The van der Waals surface area contributed by atoms with Gasteiger partial charge in [-0.2, -0.15) is 5.26 Å². The molecular formula is C13H17N. The van der Waals surface area contributed by atoms with Gasteiger partial charge in [-0.15, -0.1) is 0 Å². The molecule has 0 bridgehead atoms. The van der Waals surface area contributed by atoms with Crippen LogP contribution < -0.4 is 0 Å². The Kier molecular flexibility index (Phi) is 3.30. The van der Waals surface area contributed by atoms with Crippen LogP contribution in [0.15, 0.2) is 12.1 Å². The van der Waals surface area contributed by atoms with Crippen molar-refractivity contribution in [3.05, 3.63) is 34.4 Å². The predicted molar refractivity (Wildman–Crippen MR) is 59.4 cm³/mol. The summed E-state index contributed by atoms with van der Waals surface area (Å²) in [6, 6.07) is 6.43. The molecule has 0 aliphatic carbocycles. The highest BCUT2D eigenvalue weighted by molar-refractivity contribution is 5.45. The van der Waals surface area contributed by atoms with Gasteiger partial charge in [-0.1, -0.05) is 26.8 Å². The Bertz CT molecular complexity index is 370. The van der Waals surface area contributed by atoms with Crippen LogP contribution in [0.1, 0.15) is 48.9 Å². The predicted octanol–water partition coefficient (Wildman–Crippen LogP) is 3.55. The maximum atomic E-state index is 8.94. The molecule has 0 amide bonds. The van der Waals surface area contributed by atoms with Crippen molar-refractivity contribution in [1.82, 2.24) is 0 Å². The lowest BCUT2D eigenvalue weighted by Gasteiger charge is -2.13. The third-order valence-electron chi connectivity index (χ3n) is 2.61. The van der Waals surface area contributed by atoms with E-state index in [1.165, 1.54) is 11.1 Å². The number of nitriles is 1. The minimum Gasteiger partial charge on any atom is -0.192 e. The van der Waals surface area contributed by atoms with Gasteiger partial charge in [0, 0.05) is 0 Å². The van der Waals surface area contributed by atoms with Gasteiger partial charge in [0.2, 0.25) is 0 Å². The molecule has 0 aliphatic heterocycles. The van der Waals surface area contributed by atoms with Crippen LogP contribution >= 0.6 is 0 Å². The van der Waals surface area contributed by atoms with Crippen molar-refractivity contribution < 1.29 is 0 Å². The first-order valence-electron chi connectivity index (χ1n) is 5.13. The maximum Gasteiger partial charge on any atom is 0.0994 e. The Balaban J connectivity index is 3.34. The fraction of sp³-hybridized carbons (Fsp3) is 0.462. The number of nitrogens with zero attached hydrogens (tertiary/aromatic N) is 1. The highest BCUT2D eigenvalue weighted by Gasteiger charge is 2.08. The van der Waals surface area contributed by atoms with Gasteiger partial charge in [-0.05, 0) is 42.0 Å². The summed E-state index contributed by atoms with van der Waals surface area (Å²) in [6.07, 6.45) is 1.04. The zero-order chi connectivity index (χ0) is 10.7. The van der Waals surface area contributed by atoms with Gasteiger partial charge < -0.3 is 0 Å². The van der Waals surface area contributed by atoms with Crippen molar-refractivity contribution in [3.8, 4) is 6.07 Å². The van der Waals surface area contributed by atoms with E-state index in [0.717, 1.165) is 17.5 Å². The summed E-state index contributed by atoms with van der Waals surface area (Å²) in [7, 11) is 0. The van der Waals surface area contributed by atoms with E-state index >= 15 is 0 Å². The van der Waals surface area contributed by atoms with E-state index in [0.29, 0.717) is 5.92 Å².